The molecule has 0 aromatic carbocycles. The van der Waals surface area contributed by atoms with Crippen molar-refractivity contribution in [3.05, 3.63) is 35.3 Å². The maximum Gasteiger partial charge on any atom is 0.148 e. The Balaban J connectivity index is 2.16. The van der Waals surface area contributed by atoms with Crippen molar-refractivity contribution in [1.29, 1.82) is 0 Å². The number of nitrogen functional groups attached to an aromatic ring is 1. The molecule has 2 aromatic heterocycles. The maximum absolute atomic E-state index is 6.05. The van der Waals surface area contributed by atoms with Crippen LogP contribution in [0.5, 0.6) is 0 Å². The number of aromatic nitrogens is 3. The monoisotopic (exact) mass is 245 g/mol. The van der Waals surface area contributed by atoms with E-state index in [1.807, 2.05) is 33.0 Å². The van der Waals surface area contributed by atoms with Crippen LogP contribution in [0.25, 0.3) is 0 Å². The average Bonchev–Trinajstić information content (AvgIpc) is 2.64. The normalized spacial score (nSPS) is 10.6. The first kappa shape index (κ1) is 12.4. The Labute approximate surface area is 107 Å². The van der Waals surface area contributed by atoms with Gasteiger partial charge in [-0.3, -0.25) is 9.67 Å². The highest BCUT2D eigenvalue weighted by molar-refractivity contribution is 5.65. The minimum atomic E-state index is 0.652. The van der Waals surface area contributed by atoms with E-state index in [0.717, 1.165) is 29.3 Å². The molecule has 2 aromatic rings. The topological polar surface area (TPSA) is 68.8 Å². The van der Waals surface area contributed by atoms with E-state index in [-0.39, 0.29) is 0 Å². The van der Waals surface area contributed by atoms with Crippen LogP contribution in [-0.2, 0) is 20.0 Å². The summed E-state index contributed by atoms with van der Waals surface area (Å²) in [5, 5.41) is 7.68. The molecule has 5 nitrogen and oxygen atoms in total. The molecule has 0 atom stereocenters. The van der Waals surface area contributed by atoms with Crippen LogP contribution in [-0.4, -0.2) is 14.8 Å². The van der Waals surface area contributed by atoms with E-state index >= 15 is 0 Å². The minimum absolute atomic E-state index is 0.652. The Morgan fingerprint density at radius 1 is 1.39 bits per heavy atom. The molecule has 0 aliphatic rings. The molecule has 2 rings (SSSR count). The summed E-state index contributed by atoms with van der Waals surface area (Å²) in [5.74, 6) is 0.858. The molecule has 0 unspecified atom stereocenters. The summed E-state index contributed by atoms with van der Waals surface area (Å²) < 4.78 is 1.78. The number of rotatable bonds is 4. The van der Waals surface area contributed by atoms with E-state index in [0.29, 0.717) is 6.54 Å². The molecule has 0 fully saturated rings. The van der Waals surface area contributed by atoms with Gasteiger partial charge < -0.3 is 11.1 Å². The van der Waals surface area contributed by atoms with Crippen molar-refractivity contribution in [2.75, 3.05) is 11.1 Å². The highest BCUT2D eigenvalue weighted by Gasteiger charge is 2.11. The lowest BCUT2D eigenvalue weighted by Gasteiger charge is -2.08. The zero-order valence-corrected chi connectivity index (χ0v) is 11.1. The Morgan fingerprint density at radius 3 is 2.78 bits per heavy atom. The van der Waals surface area contributed by atoms with E-state index in [1.165, 1.54) is 5.56 Å². The second-order valence-electron chi connectivity index (χ2n) is 4.31. The van der Waals surface area contributed by atoms with Crippen molar-refractivity contribution in [2.45, 2.75) is 26.8 Å². The van der Waals surface area contributed by atoms with Crippen LogP contribution in [0.1, 0.15) is 23.9 Å². The quantitative estimate of drug-likeness (QED) is 0.863. The van der Waals surface area contributed by atoms with Crippen LogP contribution < -0.4 is 11.1 Å². The highest BCUT2D eigenvalue weighted by Crippen LogP contribution is 2.22. The van der Waals surface area contributed by atoms with Crippen molar-refractivity contribution in [3.63, 3.8) is 0 Å². The van der Waals surface area contributed by atoms with Crippen molar-refractivity contribution in [3.8, 4) is 0 Å². The van der Waals surface area contributed by atoms with E-state index < -0.39 is 0 Å². The SMILES string of the molecule is CCc1nn(C)c(NCc2ncccc2C)c1N. The molecule has 0 aliphatic heterocycles. The molecule has 2 heterocycles. The number of pyridine rings is 1. The third kappa shape index (κ3) is 2.30. The van der Waals surface area contributed by atoms with Gasteiger partial charge in [-0.2, -0.15) is 5.10 Å². The Kier molecular flexibility index (Phi) is 3.50. The summed E-state index contributed by atoms with van der Waals surface area (Å²) in [6.07, 6.45) is 2.64. The third-order valence-corrected chi connectivity index (χ3v) is 3.04. The Morgan fingerprint density at radius 2 is 2.17 bits per heavy atom. The van der Waals surface area contributed by atoms with Crippen LogP contribution in [0, 0.1) is 6.92 Å². The van der Waals surface area contributed by atoms with E-state index in [1.54, 1.807) is 10.9 Å². The smallest absolute Gasteiger partial charge is 0.148 e. The lowest BCUT2D eigenvalue weighted by atomic mass is 10.2. The lowest BCUT2D eigenvalue weighted by molar-refractivity contribution is 0.746. The molecule has 0 spiro atoms. The standard InChI is InChI=1S/C13H19N5/c1-4-10-12(14)13(18(3)17-10)16-8-11-9(2)6-5-7-15-11/h5-7,16H,4,8,14H2,1-3H3. The molecule has 0 saturated heterocycles. The van der Waals surface area contributed by atoms with Crippen molar-refractivity contribution < 1.29 is 0 Å². The molecular weight excluding hydrogens is 226 g/mol. The minimum Gasteiger partial charge on any atom is -0.394 e. The number of nitrogens with two attached hydrogens (primary N) is 1. The summed E-state index contributed by atoms with van der Waals surface area (Å²) in [7, 11) is 1.89. The van der Waals surface area contributed by atoms with Gasteiger partial charge in [-0.1, -0.05) is 13.0 Å². The van der Waals surface area contributed by atoms with Gasteiger partial charge in [0.25, 0.3) is 0 Å². The summed E-state index contributed by atoms with van der Waals surface area (Å²) in [5.41, 5.74) is 9.90. The molecule has 0 saturated carbocycles. The van der Waals surface area contributed by atoms with E-state index in [9.17, 15) is 0 Å². The van der Waals surface area contributed by atoms with Gasteiger partial charge in [-0.15, -0.1) is 0 Å². The van der Waals surface area contributed by atoms with Crippen molar-refractivity contribution in [2.24, 2.45) is 7.05 Å². The van der Waals surface area contributed by atoms with Crippen molar-refractivity contribution >= 4 is 11.5 Å². The van der Waals surface area contributed by atoms with Crippen LogP contribution in [0.4, 0.5) is 11.5 Å². The summed E-state index contributed by atoms with van der Waals surface area (Å²) in [6, 6.07) is 3.99. The highest BCUT2D eigenvalue weighted by atomic mass is 15.3. The van der Waals surface area contributed by atoms with Crippen LogP contribution in [0.3, 0.4) is 0 Å². The largest absolute Gasteiger partial charge is 0.394 e. The van der Waals surface area contributed by atoms with E-state index in [4.69, 9.17) is 5.73 Å². The van der Waals surface area contributed by atoms with Gasteiger partial charge in [0, 0.05) is 13.2 Å². The van der Waals surface area contributed by atoms with Gasteiger partial charge in [0.1, 0.15) is 5.82 Å². The summed E-state index contributed by atoms with van der Waals surface area (Å²) >= 11 is 0. The maximum atomic E-state index is 6.05. The molecule has 0 radical (unpaired) electrons. The van der Waals surface area contributed by atoms with Gasteiger partial charge in [0.2, 0.25) is 0 Å². The fourth-order valence-corrected chi connectivity index (χ4v) is 1.94. The number of anilines is 2. The Hall–Kier alpha value is -2.04. The lowest BCUT2D eigenvalue weighted by Crippen LogP contribution is -2.08. The second kappa shape index (κ2) is 5.08. The number of hydrogen-bond acceptors (Lipinski definition) is 4. The summed E-state index contributed by atoms with van der Waals surface area (Å²) in [4.78, 5) is 4.35. The fraction of sp³-hybridized carbons (Fsp3) is 0.385. The van der Waals surface area contributed by atoms with Gasteiger partial charge in [0.05, 0.1) is 23.6 Å². The van der Waals surface area contributed by atoms with E-state index in [2.05, 4.69) is 15.4 Å². The molecule has 0 aliphatic carbocycles. The first-order valence-electron chi connectivity index (χ1n) is 6.09. The molecular formula is C13H19N5. The van der Waals surface area contributed by atoms with Crippen LogP contribution >= 0.6 is 0 Å². The number of hydrogen-bond donors (Lipinski definition) is 2. The predicted molar refractivity (Wildman–Crippen MR) is 73.3 cm³/mol. The van der Waals surface area contributed by atoms with Crippen LogP contribution in [0.2, 0.25) is 0 Å². The number of aryl methyl sites for hydroxylation is 3. The predicted octanol–water partition coefficient (Wildman–Crippen LogP) is 1.88. The molecule has 0 amide bonds. The van der Waals surface area contributed by atoms with Gasteiger partial charge in [-0.05, 0) is 25.0 Å². The molecule has 3 N–H and O–H groups in total. The van der Waals surface area contributed by atoms with Crippen LogP contribution in [0.15, 0.2) is 18.3 Å². The number of nitrogens with zero attached hydrogens (tertiary/aromatic N) is 3. The molecule has 5 heteroatoms. The first-order chi connectivity index (χ1) is 8.63. The molecule has 0 bridgehead atoms. The molecule has 18 heavy (non-hydrogen) atoms. The Bertz CT molecular complexity index is 544. The van der Waals surface area contributed by atoms with Gasteiger partial charge in [0.15, 0.2) is 0 Å². The van der Waals surface area contributed by atoms with Crippen molar-refractivity contribution in [1.82, 2.24) is 14.8 Å². The third-order valence-electron chi connectivity index (χ3n) is 3.04. The summed E-state index contributed by atoms with van der Waals surface area (Å²) in [6.45, 7) is 4.75. The zero-order valence-electron chi connectivity index (χ0n) is 11.1. The van der Waals surface area contributed by atoms with Gasteiger partial charge in [-0.25, -0.2) is 0 Å². The first-order valence-corrected chi connectivity index (χ1v) is 6.09. The van der Waals surface area contributed by atoms with Gasteiger partial charge >= 0.3 is 0 Å². The average molecular weight is 245 g/mol. The zero-order chi connectivity index (χ0) is 13.1. The number of nitrogens with one attached hydrogen (secondary N) is 1. The fourth-order valence-electron chi connectivity index (χ4n) is 1.94. The molecule has 96 valence electrons. The second-order valence-corrected chi connectivity index (χ2v) is 4.31.